The summed E-state index contributed by atoms with van der Waals surface area (Å²) in [6.45, 7) is 0.728. The maximum Gasteiger partial charge on any atom is 0.186 e. The average Bonchev–Trinajstić information content (AvgIpc) is 2.84. The second kappa shape index (κ2) is 10.8. The van der Waals surface area contributed by atoms with Crippen LogP contribution >= 0.6 is 11.6 Å². The van der Waals surface area contributed by atoms with Crippen LogP contribution in [0.2, 0.25) is 5.02 Å². The van der Waals surface area contributed by atoms with E-state index in [0.29, 0.717) is 11.6 Å². The van der Waals surface area contributed by atoms with E-state index in [2.05, 4.69) is 0 Å². The fraction of sp³-hybridized carbons (Fsp3) is 0.280. The highest BCUT2D eigenvalue weighted by Crippen LogP contribution is 2.45. The third-order valence-electron chi connectivity index (χ3n) is 5.54. The van der Waals surface area contributed by atoms with E-state index in [-0.39, 0.29) is 42.6 Å². The van der Waals surface area contributed by atoms with E-state index in [9.17, 15) is 17.2 Å². The van der Waals surface area contributed by atoms with Crippen molar-refractivity contribution in [2.75, 3.05) is 26.4 Å². The zero-order chi connectivity index (χ0) is 24.1. The zero-order valence-corrected chi connectivity index (χ0v) is 19.7. The molecule has 0 saturated carbocycles. The van der Waals surface area contributed by atoms with Crippen molar-refractivity contribution in [3.8, 4) is 5.75 Å². The molecule has 0 spiro atoms. The van der Waals surface area contributed by atoms with Crippen LogP contribution in [0.15, 0.2) is 71.6 Å². The lowest BCUT2D eigenvalue weighted by molar-refractivity contribution is 0.0160. The maximum absolute atomic E-state index is 14.8. The first kappa shape index (κ1) is 24.6. The molecule has 180 valence electrons. The SMILES string of the molecule is O=S(=O)(c1ccc(Cl)cc1)[C@@H]1c2c(F)ccc(F)c2OC[C@H]1COCCOCc1ccccc1. The van der Waals surface area contributed by atoms with Gasteiger partial charge < -0.3 is 14.2 Å². The fourth-order valence-electron chi connectivity index (χ4n) is 3.91. The number of halogens is 3. The summed E-state index contributed by atoms with van der Waals surface area (Å²) in [7, 11) is -4.12. The summed E-state index contributed by atoms with van der Waals surface area (Å²) in [4.78, 5) is -0.0467. The Morgan fingerprint density at radius 1 is 0.912 bits per heavy atom. The van der Waals surface area contributed by atoms with E-state index >= 15 is 0 Å². The van der Waals surface area contributed by atoms with E-state index in [0.717, 1.165) is 17.7 Å². The molecule has 0 fully saturated rings. The second-order valence-electron chi connectivity index (χ2n) is 7.88. The lowest BCUT2D eigenvalue weighted by atomic mass is 9.96. The highest BCUT2D eigenvalue weighted by atomic mass is 35.5. The summed E-state index contributed by atoms with van der Waals surface area (Å²) in [5, 5.41) is -1.03. The maximum atomic E-state index is 14.8. The van der Waals surface area contributed by atoms with Crippen LogP contribution in [0.5, 0.6) is 5.75 Å². The molecule has 3 aromatic carbocycles. The molecule has 0 amide bonds. The molecule has 9 heteroatoms. The number of rotatable bonds is 9. The van der Waals surface area contributed by atoms with Gasteiger partial charge in [-0.15, -0.1) is 0 Å². The largest absolute Gasteiger partial charge is 0.490 e. The first-order valence-corrected chi connectivity index (χ1v) is 12.6. The minimum Gasteiger partial charge on any atom is -0.490 e. The van der Waals surface area contributed by atoms with Gasteiger partial charge in [0.2, 0.25) is 0 Å². The van der Waals surface area contributed by atoms with Gasteiger partial charge in [-0.1, -0.05) is 41.9 Å². The Labute approximate surface area is 202 Å². The minimum absolute atomic E-state index is 0.0401. The molecule has 1 aliphatic rings. The predicted molar refractivity (Wildman–Crippen MR) is 124 cm³/mol. The van der Waals surface area contributed by atoms with Gasteiger partial charge in [-0.05, 0) is 42.0 Å². The summed E-state index contributed by atoms with van der Waals surface area (Å²) in [5.41, 5.74) is 0.696. The zero-order valence-electron chi connectivity index (χ0n) is 18.1. The minimum atomic E-state index is -4.12. The molecule has 1 aliphatic heterocycles. The Morgan fingerprint density at radius 2 is 1.59 bits per heavy atom. The molecule has 0 radical (unpaired) electrons. The molecule has 0 N–H and O–H groups in total. The number of benzene rings is 3. The Morgan fingerprint density at radius 3 is 2.32 bits per heavy atom. The molecule has 1 heterocycles. The number of ether oxygens (including phenoxy) is 3. The van der Waals surface area contributed by atoms with E-state index in [1.165, 1.54) is 24.3 Å². The molecule has 0 aromatic heterocycles. The molecule has 0 aliphatic carbocycles. The quantitative estimate of drug-likeness (QED) is 0.363. The number of hydrogen-bond donors (Lipinski definition) is 0. The van der Waals surface area contributed by atoms with Crippen molar-refractivity contribution in [2.45, 2.75) is 16.8 Å². The third kappa shape index (κ3) is 5.41. The third-order valence-corrected chi connectivity index (χ3v) is 8.01. The van der Waals surface area contributed by atoms with Crippen LogP contribution in [-0.2, 0) is 25.9 Å². The van der Waals surface area contributed by atoms with Gasteiger partial charge in [-0.3, -0.25) is 0 Å². The topological polar surface area (TPSA) is 61.8 Å². The molecular formula is C25H23ClF2O5S. The van der Waals surface area contributed by atoms with E-state index in [1.807, 2.05) is 30.3 Å². The second-order valence-corrected chi connectivity index (χ2v) is 10.4. The molecular weight excluding hydrogens is 486 g/mol. The first-order valence-electron chi connectivity index (χ1n) is 10.7. The van der Waals surface area contributed by atoms with Crippen molar-refractivity contribution in [3.63, 3.8) is 0 Å². The highest BCUT2D eigenvalue weighted by Gasteiger charge is 2.44. The van der Waals surface area contributed by atoms with Gasteiger partial charge in [0.25, 0.3) is 0 Å². The Balaban J connectivity index is 1.50. The van der Waals surface area contributed by atoms with E-state index in [4.69, 9.17) is 25.8 Å². The van der Waals surface area contributed by atoms with E-state index in [1.54, 1.807) is 0 Å². The van der Waals surface area contributed by atoms with Gasteiger partial charge in [0.1, 0.15) is 11.1 Å². The Hall–Kier alpha value is -2.52. The number of sulfone groups is 1. The Bertz CT molecular complexity index is 1220. The standard InChI is InChI=1S/C25H23ClF2O5S/c26-19-6-8-20(9-7-19)34(29,30)25-18(16-33-24-22(28)11-10-21(27)23(24)25)15-32-13-12-31-14-17-4-2-1-3-5-17/h1-11,18,25H,12-16H2/t18-,25+/m1/s1. The lowest BCUT2D eigenvalue weighted by Crippen LogP contribution is -2.35. The van der Waals surface area contributed by atoms with Crippen molar-refractivity contribution < 1.29 is 31.4 Å². The predicted octanol–water partition coefficient (Wildman–Crippen LogP) is 5.38. The summed E-state index contributed by atoms with van der Waals surface area (Å²) in [5.74, 6) is -2.82. The fourth-order valence-corrected chi connectivity index (χ4v) is 6.03. The summed E-state index contributed by atoms with van der Waals surface area (Å²) < 4.78 is 73.0. The van der Waals surface area contributed by atoms with Crippen LogP contribution in [0.4, 0.5) is 8.78 Å². The van der Waals surface area contributed by atoms with Crippen molar-refractivity contribution >= 4 is 21.4 Å². The van der Waals surface area contributed by atoms with E-state index < -0.39 is 32.6 Å². The molecule has 5 nitrogen and oxygen atoms in total. The van der Waals surface area contributed by atoms with Gasteiger partial charge in [-0.25, -0.2) is 17.2 Å². The normalized spacial score (nSPS) is 17.7. The van der Waals surface area contributed by atoms with Crippen molar-refractivity contribution in [3.05, 3.63) is 94.5 Å². The average molecular weight is 509 g/mol. The van der Waals surface area contributed by atoms with Crippen LogP contribution in [0.3, 0.4) is 0 Å². The van der Waals surface area contributed by atoms with Crippen LogP contribution in [0, 0.1) is 17.6 Å². The summed E-state index contributed by atoms with van der Waals surface area (Å²) in [6, 6.07) is 17.0. The van der Waals surface area contributed by atoms with Crippen LogP contribution in [0.1, 0.15) is 16.4 Å². The van der Waals surface area contributed by atoms with Crippen LogP contribution < -0.4 is 4.74 Å². The van der Waals surface area contributed by atoms with Gasteiger partial charge >= 0.3 is 0 Å². The number of hydrogen-bond acceptors (Lipinski definition) is 5. The first-order chi connectivity index (χ1) is 16.4. The molecule has 2 atom stereocenters. The van der Waals surface area contributed by atoms with Gasteiger partial charge in [0.05, 0.1) is 43.5 Å². The van der Waals surface area contributed by atoms with Gasteiger partial charge in [-0.2, -0.15) is 0 Å². The monoisotopic (exact) mass is 508 g/mol. The van der Waals surface area contributed by atoms with Crippen molar-refractivity contribution in [2.24, 2.45) is 5.92 Å². The van der Waals surface area contributed by atoms with Gasteiger partial charge in [0, 0.05) is 10.9 Å². The summed E-state index contributed by atoms with van der Waals surface area (Å²) >= 11 is 5.90. The molecule has 0 bridgehead atoms. The lowest BCUT2D eigenvalue weighted by Gasteiger charge is -2.33. The van der Waals surface area contributed by atoms with Crippen LogP contribution in [0.25, 0.3) is 0 Å². The number of fused-ring (bicyclic) bond motifs is 1. The smallest absolute Gasteiger partial charge is 0.186 e. The summed E-state index contributed by atoms with van der Waals surface area (Å²) in [6.07, 6.45) is 0. The van der Waals surface area contributed by atoms with Gasteiger partial charge in [0.15, 0.2) is 21.4 Å². The molecule has 3 aromatic rings. The van der Waals surface area contributed by atoms with Crippen LogP contribution in [-0.4, -0.2) is 34.8 Å². The molecule has 0 unspecified atom stereocenters. The Kier molecular flexibility index (Phi) is 7.83. The van der Waals surface area contributed by atoms with Crippen molar-refractivity contribution in [1.82, 2.24) is 0 Å². The van der Waals surface area contributed by atoms with Crippen molar-refractivity contribution in [1.29, 1.82) is 0 Å². The molecule has 34 heavy (non-hydrogen) atoms. The molecule has 0 saturated heterocycles. The highest BCUT2D eigenvalue weighted by molar-refractivity contribution is 7.91. The molecule has 4 rings (SSSR count).